The van der Waals surface area contributed by atoms with Crippen molar-refractivity contribution in [3.63, 3.8) is 0 Å². The molecule has 0 aliphatic carbocycles. The van der Waals surface area contributed by atoms with E-state index in [1.165, 1.54) is 0 Å². The molecule has 7 nitrogen and oxygen atoms in total. The van der Waals surface area contributed by atoms with Crippen LogP contribution in [0.25, 0.3) is 11.0 Å². The number of nitrogens with zero attached hydrogens (tertiary/aromatic N) is 3. The number of aromatic amines is 1. The smallest absolute Gasteiger partial charge is 0.243 e. The number of benzene rings is 1. The van der Waals surface area contributed by atoms with Gasteiger partial charge in [0.2, 0.25) is 5.89 Å². The van der Waals surface area contributed by atoms with Gasteiger partial charge in [-0.2, -0.15) is 4.98 Å². The Morgan fingerprint density at radius 2 is 2.15 bits per heavy atom. The first-order chi connectivity index (χ1) is 9.76. The predicted octanol–water partition coefficient (Wildman–Crippen LogP) is 0.919. The zero-order valence-corrected chi connectivity index (χ0v) is 10.8. The Kier molecular flexibility index (Phi) is 3.44. The number of aliphatic hydroxyl groups excluding tert-OH is 1. The van der Waals surface area contributed by atoms with E-state index in [-0.39, 0.29) is 6.61 Å². The lowest BCUT2D eigenvalue weighted by molar-refractivity contribution is 0.259. The van der Waals surface area contributed by atoms with Gasteiger partial charge in [-0.25, -0.2) is 4.98 Å². The second-order valence-corrected chi connectivity index (χ2v) is 4.55. The predicted molar refractivity (Wildman–Crippen MR) is 71.8 cm³/mol. The average molecular weight is 273 g/mol. The van der Waals surface area contributed by atoms with E-state index >= 15 is 0 Å². The summed E-state index contributed by atoms with van der Waals surface area (Å²) < 4.78 is 5.09. The lowest BCUT2D eigenvalue weighted by Crippen LogP contribution is -2.12. The Morgan fingerprint density at radius 1 is 1.30 bits per heavy atom. The molecule has 0 amide bonds. The number of H-pyrrole nitrogens is 1. The molecule has 0 saturated carbocycles. The highest BCUT2D eigenvalue weighted by atomic mass is 16.5. The van der Waals surface area contributed by atoms with Gasteiger partial charge in [-0.15, -0.1) is 0 Å². The Labute approximate surface area is 114 Å². The maximum Gasteiger partial charge on any atom is 0.243 e. The lowest BCUT2D eigenvalue weighted by atomic mass is 10.2. The van der Waals surface area contributed by atoms with E-state index in [4.69, 9.17) is 15.4 Å². The molecule has 1 unspecified atom stereocenters. The standard InChI is InChI=1S/C13H15N5O2/c14-8(5-6-19)13-17-12(18-20-13)7-11-15-9-3-1-2-4-10(9)16-11/h1-4,8,19H,5-7,14H2,(H,15,16). The van der Waals surface area contributed by atoms with Crippen molar-refractivity contribution in [2.75, 3.05) is 6.61 Å². The number of aromatic nitrogens is 4. The normalized spacial score (nSPS) is 12.9. The molecule has 3 aromatic rings. The minimum absolute atomic E-state index is 0.0115. The first-order valence-electron chi connectivity index (χ1n) is 6.39. The number of hydrogen-bond donors (Lipinski definition) is 3. The van der Waals surface area contributed by atoms with Gasteiger partial charge in [0.25, 0.3) is 0 Å². The van der Waals surface area contributed by atoms with Crippen LogP contribution in [0.1, 0.15) is 30.0 Å². The van der Waals surface area contributed by atoms with Gasteiger partial charge in [0.05, 0.1) is 23.5 Å². The number of hydrogen-bond acceptors (Lipinski definition) is 6. The Balaban J connectivity index is 1.77. The SMILES string of the molecule is NC(CCO)c1nc(Cc2nc3ccccc3[nH]2)no1. The zero-order chi connectivity index (χ0) is 13.9. The van der Waals surface area contributed by atoms with Crippen LogP contribution in [0, 0.1) is 0 Å². The number of aliphatic hydroxyl groups is 1. The summed E-state index contributed by atoms with van der Waals surface area (Å²) in [5, 5.41) is 12.7. The Hall–Kier alpha value is -2.25. The van der Waals surface area contributed by atoms with Crippen molar-refractivity contribution in [3.05, 3.63) is 41.8 Å². The molecule has 0 radical (unpaired) electrons. The third-order valence-electron chi connectivity index (χ3n) is 3.01. The lowest BCUT2D eigenvalue weighted by Gasteiger charge is -2.01. The van der Waals surface area contributed by atoms with E-state index in [0.717, 1.165) is 16.9 Å². The maximum atomic E-state index is 8.84. The van der Waals surface area contributed by atoms with Crippen LogP contribution < -0.4 is 5.73 Å². The molecule has 104 valence electrons. The summed E-state index contributed by atoms with van der Waals surface area (Å²) in [6, 6.07) is 7.36. The molecule has 2 aromatic heterocycles. The molecule has 20 heavy (non-hydrogen) atoms. The highest BCUT2D eigenvalue weighted by molar-refractivity contribution is 5.74. The van der Waals surface area contributed by atoms with Gasteiger partial charge in [-0.3, -0.25) is 0 Å². The molecular weight excluding hydrogens is 258 g/mol. The van der Waals surface area contributed by atoms with Crippen LogP contribution in [0.2, 0.25) is 0 Å². The minimum atomic E-state index is -0.433. The Morgan fingerprint density at radius 3 is 2.95 bits per heavy atom. The quantitative estimate of drug-likeness (QED) is 0.637. The van der Waals surface area contributed by atoms with E-state index in [9.17, 15) is 0 Å². The van der Waals surface area contributed by atoms with Gasteiger partial charge in [0.1, 0.15) is 5.82 Å². The van der Waals surface area contributed by atoms with Crippen molar-refractivity contribution >= 4 is 11.0 Å². The van der Waals surface area contributed by atoms with Crippen molar-refractivity contribution in [1.82, 2.24) is 20.1 Å². The van der Waals surface area contributed by atoms with Crippen LogP contribution >= 0.6 is 0 Å². The largest absolute Gasteiger partial charge is 0.396 e. The summed E-state index contributed by atoms with van der Waals surface area (Å²) in [7, 11) is 0. The fourth-order valence-electron chi connectivity index (χ4n) is 1.99. The van der Waals surface area contributed by atoms with Crippen molar-refractivity contribution < 1.29 is 9.63 Å². The average Bonchev–Trinajstić information content (AvgIpc) is 3.05. The second-order valence-electron chi connectivity index (χ2n) is 4.55. The number of rotatable bonds is 5. The van der Waals surface area contributed by atoms with Crippen molar-refractivity contribution in [3.8, 4) is 0 Å². The van der Waals surface area contributed by atoms with Crippen molar-refractivity contribution in [2.45, 2.75) is 18.9 Å². The van der Waals surface area contributed by atoms with E-state index in [1.807, 2.05) is 24.3 Å². The molecule has 0 saturated heterocycles. The molecular formula is C13H15N5O2. The molecule has 7 heteroatoms. The molecule has 1 atom stereocenters. The van der Waals surface area contributed by atoms with Crippen molar-refractivity contribution in [2.24, 2.45) is 5.73 Å². The van der Waals surface area contributed by atoms with E-state index < -0.39 is 6.04 Å². The Bertz CT molecular complexity index is 672. The molecule has 0 aliphatic rings. The van der Waals surface area contributed by atoms with E-state index in [1.54, 1.807) is 0 Å². The van der Waals surface area contributed by atoms with Gasteiger partial charge in [-0.1, -0.05) is 17.3 Å². The molecule has 0 spiro atoms. The number of para-hydroxylation sites is 2. The number of imidazole rings is 1. The van der Waals surface area contributed by atoms with Crippen LogP contribution in [0.15, 0.2) is 28.8 Å². The van der Waals surface area contributed by atoms with Crippen LogP contribution in [-0.4, -0.2) is 31.8 Å². The summed E-state index contributed by atoms with van der Waals surface area (Å²) in [5.74, 6) is 1.63. The van der Waals surface area contributed by atoms with E-state index in [2.05, 4.69) is 20.1 Å². The molecule has 2 heterocycles. The van der Waals surface area contributed by atoms with Gasteiger partial charge in [-0.05, 0) is 18.6 Å². The van der Waals surface area contributed by atoms with Crippen LogP contribution in [0.4, 0.5) is 0 Å². The summed E-state index contributed by atoms with van der Waals surface area (Å²) in [6.07, 6.45) is 0.844. The van der Waals surface area contributed by atoms with Gasteiger partial charge in [0.15, 0.2) is 5.82 Å². The number of nitrogens with one attached hydrogen (secondary N) is 1. The fraction of sp³-hybridized carbons (Fsp3) is 0.308. The number of nitrogens with two attached hydrogens (primary N) is 1. The third-order valence-corrected chi connectivity index (χ3v) is 3.01. The maximum absolute atomic E-state index is 8.84. The first-order valence-corrected chi connectivity index (χ1v) is 6.39. The number of fused-ring (bicyclic) bond motifs is 1. The molecule has 1 aromatic carbocycles. The molecule has 4 N–H and O–H groups in total. The van der Waals surface area contributed by atoms with Crippen molar-refractivity contribution in [1.29, 1.82) is 0 Å². The zero-order valence-electron chi connectivity index (χ0n) is 10.8. The van der Waals surface area contributed by atoms with Gasteiger partial charge >= 0.3 is 0 Å². The monoisotopic (exact) mass is 273 g/mol. The minimum Gasteiger partial charge on any atom is -0.396 e. The van der Waals surface area contributed by atoms with Gasteiger partial charge in [0, 0.05) is 6.61 Å². The summed E-state index contributed by atoms with van der Waals surface area (Å²) >= 11 is 0. The summed E-state index contributed by atoms with van der Waals surface area (Å²) in [4.78, 5) is 11.9. The summed E-state index contributed by atoms with van der Waals surface area (Å²) in [6.45, 7) is -0.0115. The first kappa shape index (κ1) is 12.8. The topological polar surface area (TPSA) is 114 Å². The van der Waals surface area contributed by atoms with E-state index in [0.29, 0.717) is 24.6 Å². The van der Waals surface area contributed by atoms with Crippen LogP contribution in [0.5, 0.6) is 0 Å². The fourth-order valence-corrected chi connectivity index (χ4v) is 1.99. The molecule has 0 bridgehead atoms. The third kappa shape index (κ3) is 2.54. The molecule has 3 rings (SSSR count). The van der Waals surface area contributed by atoms with Crippen LogP contribution in [-0.2, 0) is 6.42 Å². The molecule has 0 fully saturated rings. The summed E-state index contributed by atoms with van der Waals surface area (Å²) in [5.41, 5.74) is 7.67. The highest BCUT2D eigenvalue weighted by Crippen LogP contribution is 2.14. The highest BCUT2D eigenvalue weighted by Gasteiger charge is 2.15. The van der Waals surface area contributed by atoms with Gasteiger partial charge < -0.3 is 20.3 Å². The van der Waals surface area contributed by atoms with Crippen LogP contribution in [0.3, 0.4) is 0 Å². The second kappa shape index (κ2) is 5.40. The molecule has 0 aliphatic heterocycles.